The van der Waals surface area contributed by atoms with Gasteiger partial charge in [-0.2, -0.15) is 0 Å². The number of carbonyl (C=O) groups excluding carboxylic acids is 1. The van der Waals surface area contributed by atoms with Gasteiger partial charge >= 0.3 is 0 Å². The number of aliphatic hydroxyl groups excluding tert-OH is 1. The van der Waals surface area contributed by atoms with Crippen LogP contribution in [0.3, 0.4) is 0 Å². The number of amides is 1. The highest BCUT2D eigenvalue weighted by molar-refractivity contribution is 7.14. The van der Waals surface area contributed by atoms with Gasteiger partial charge in [-0.25, -0.2) is 0 Å². The van der Waals surface area contributed by atoms with Crippen LogP contribution >= 0.6 is 11.3 Å². The van der Waals surface area contributed by atoms with Crippen molar-refractivity contribution in [2.45, 2.75) is 13.8 Å². The van der Waals surface area contributed by atoms with Crippen LogP contribution in [0.1, 0.15) is 25.7 Å². The molecule has 1 aromatic carbocycles. The van der Waals surface area contributed by atoms with Gasteiger partial charge < -0.3 is 10.4 Å². The van der Waals surface area contributed by atoms with Gasteiger partial charge in [-0.15, -0.1) is 11.3 Å². The number of hydrogen-bond donors (Lipinski definition) is 2. The maximum atomic E-state index is 12.1. The number of aliphatic hydroxyl groups is 1. The van der Waals surface area contributed by atoms with E-state index in [2.05, 4.69) is 17.2 Å². The molecular formula is C16H15NO2S. The Morgan fingerprint density at radius 3 is 2.75 bits per heavy atom. The van der Waals surface area contributed by atoms with Gasteiger partial charge in [-0.05, 0) is 49.2 Å². The Hall–Kier alpha value is -2.09. The molecule has 0 aliphatic heterocycles. The molecule has 20 heavy (non-hydrogen) atoms. The van der Waals surface area contributed by atoms with E-state index in [9.17, 15) is 4.79 Å². The molecule has 0 saturated carbocycles. The molecule has 102 valence electrons. The maximum absolute atomic E-state index is 12.1. The highest BCUT2D eigenvalue weighted by Crippen LogP contribution is 2.19. The third-order valence-electron chi connectivity index (χ3n) is 2.89. The number of carbonyl (C=O) groups is 1. The lowest BCUT2D eigenvalue weighted by Crippen LogP contribution is -2.10. The Morgan fingerprint density at radius 2 is 2.05 bits per heavy atom. The van der Waals surface area contributed by atoms with Crippen molar-refractivity contribution in [3.63, 3.8) is 0 Å². The standard InChI is InChI=1S/C16H15NO2S/c1-11-5-6-13(10-12(11)2)17-16(19)15-8-7-14(20-15)4-3-9-18/h5-8,10,18H,9H2,1-2H3,(H,17,19). The number of benzene rings is 1. The quantitative estimate of drug-likeness (QED) is 0.833. The smallest absolute Gasteiger partial charge is 0.265 e. The Bertz CT molecular complexity index is 692. The predicted octanol–water partition coefficient (Wildman–Crippen LogP) is 2.96. The van der Waals surface area contributed by atoms with Crippen LogP contribution in [0.25, 0.3) is 0 Å². The van der Waals surface area contributed by atoms with Gasteiger partial charge in [0.25, 0.3) is 5.91 Å². The number of thiophene rings is 1. The van der Waals surface area contributed by atoms with E-state index >= 15 is 0 Å². The van der Waals surface area contributed by atoms with Crippen LogP contribution in [0.15, 0.2) is 30.3 Å². The zero-order valence-electron chi connectivity index (χ0n) is 11.4. The average Bonchev–Trinajstić information content (AvgIpc) is 2.89. The van der Waals surface area contributed by atoms with Gasteiger partial charge in [0, 0.05) is 5.69 Å². The van der Waals surface area contributed by atoms with Crippen LogP contribution in [-0.2, 0) is 0 Å². The largest absolute Gasteiger partial charge is 0.384 e. The Kier molecular flexibility index (Phi) is 4.57. The van der Waals surface area contributed by atoms with Gasteiger partial charge in [0.05, 0.1) is 9.75 Å². The van der Waals surface area contributed by atoms with E-state index in [1.54, 1.807) is 12.1 Å². The molecule has 0 spiro atoms. The molecule has 1 amide bonds. The van der Waals surface area contributed by atoms with E-state index in [4.69, 9.17) is 5.11 Å². The SMILES string of the molecule is Cc1ccc(NC(=O)c2ccc(C#CCO)s2)cc1C. The third kappa shape index (κ3) is 3.47. The minimum atomic E-state index is -0.178. The molecular weight excluding hydrogens is 270 g/mol. The van der Waals surface area contributed by atoms with Crippen LogP contribution in [0.4, 0.5) is 5.69 Å². The first-order chi connectivity index (χ1) is 9.60. The van der Waals surface area contributed by atoms with E-state index < -0.39 is 0 Å². The van der Waals surface area contributed by atoms with Crippen molar-refractivity contribution >= 4 is 22.9 Å². The molecule has 0 unspecified atom stereocenters. The summed E-state index contributed by atoms with van der Waals surface area (Å²) < 4.78 is 0. The molecule has 2 rings (SSSR count). The average molecular weight is 285 g/mol. The van der Waals surface area contributed by atoms with Crippen molar-refractivity contribution in [2.75, 3.05) is 11.9 Å². The normalized spacial score (nSPS) is 9.75. The molecule has 0 radical (unpaired) electrons. The van der Waals surface area contributed by atoms with E-state index in [1.165, 1.54) is 16.9 Å². The number of aryl methyl sites for hydroxylation is 2. The molecule has 2 aromatic rings. The molecule has 0 aliphatic rings. The number of rotatable bonds is 2. The molecule has 0 aliphatic carbocycles. The summed E-state index contributed by atoms with van der Waals surface area (Å²) in [5.74, 6) is 5.21. The highest BCUT2D eigenvalue weighted by atomic mass is 32.1. The lowest BCUT2D eigenvalue weighted by Gasteiger charge is -2.06. The number of nitrogens with one attached hydrogen (secondary N) is 1. The highest BCUT2D eigenvalue weighted by Gasteiger charge is 2.09. The summed E-state index contributed by atoms with van der Waals surface area (Å²) in [6.45, 7) is 3.87. The van der Waals surface area contributed by atoms with E-state index in [0.29, 0.717) is 4.88 Å². The van der Waals surface area contributed by atoms with Gasteiger partial charge in [0.2, 0.25) is 0 Å². The van der Waals surface area contributed by atoms with Crippen LogP contribution in [0.2, 0.25) is 0 Å². The van der Waals surface area contributed by atoms with Gasteiger partial charge in [0.1, 0.15) is 6.61 Å². The second-order valence-corrected chi connectivity index (χ2v) is 5.46. The molecule has 4 heteroatoms. The van der Waals surface area contributed by atoms with Crippen molar-refractivity contribution < 1.29 is 9.90 Å². The van der Waals surface area contributed by atoms with Crippen molar-refractivity contribution in [1.29, 1.82) is 0 Å². The fourth-order valence-electron chi connectivity index (χ4n) is 1.67. The van der Waals surface area contributed by atoms with E-state index in [-0.39, 0.29) is 12.5 Å². The first-order valence-corrected chi connectivity index (χ1v) is 7.00. The minimum absolute atomic E-state index is 0.143. The molecule has 1 heterocycles. The Balaban J connectivity index is 2.11. The molecule has 0 bridgehead atoms. The summed E-state index contributed by atoms with van der Waals surface area (Å²) in [5, 5.41) is 11.5. The van der Waals surface area contributed by atoms with Gasteiger partial charge in [-0.3, -0.25) is 4.79 Å². The topological polar surface area (TPSA) is 49.3 Å². The van der Waals surface area contributed by atoms with E-state index in [1.807, 2.05) is 32.0 Å². The van der Waals surface area contributed by atoms with Crippen LogP contribution < -0.4 is 5.32 Å². The number of hydrogen-bond acceptors (Lipinski definition) is 3. The predicted molar refractivity (Wildman–Crippen MR) is 82.2 cm³/mol. The fraction of sp³-hybridized carbons (Fsp3) is 0.188. The second-order valence-electron chi connectivity index (χ2n) is 4.38. The zero-order valence-corrected chi connectivity index (χ0v) is 12.2. The molecule has 1 aromatic heterocycles. The molecule has 0 fully saturated rings. The third-order valence-corrected chi connectivity index (χ3v) is 3.88. The first kappa shape index (κ1) is 14.3. The second kappa shape index (κ2) is 6.38. The lowest BCUT2D eigenvalue weighted by atomic mass is 10.1. The van der Waals surface area contributed by atoms with Crippen molar-refractivity contribution in [1.82, 2.24) is 0 Å². The van der Waals surface area contributed by atoms with Gasteiger partial charge in [0.15, 0.2) is 0 Å². The first-order valence-electron chi connectivity index (χ1n) is 6.18. The molecule has 0 saturated heterocycles. The van der Waals surface area contributed by atoms with Gasteiger partial charge in [-0.1, -0.05) is 17.9 Å². The summed E-state index contributed by atoms with van der Waals surface area (Å²) in [5.41, 5.74) is 3.12. The van der Waals surface area contributed by atoms with Crippen molar-refractivity contribution in [3.8, 4) is 11.8 Å². The van der Waals surface area contributed by atoms with Crippen LogP contribution in [0.5, 0.6) is 0 Å². The lowest BCUT2D eigenvalue weighted by molar-refractivity contribution is 0.103. The molecule has 3 nitrogen and oxygen atoms in total. The van der Waals surface area contributed by atoms with Crippen LogP contribution in [-0.4, -0.2) is 17.6 Å². The summed E-state index contributed by atoms with van der Waals surface area (Å²) in [4.78, 5) is 13.5. The van der Waals surface area contributed by atoms with Crippen molar-refractivity contribution in [2.24, 2.45) is 0 Å². The van der Waals surface area contributed by atoms with Crippen LogP contribution in [0, 0.1) is 25.7 Å². The zero-order chi connectivity index (χ0) is 14.5. The molecule has 0 atom stereocenters. The Morgan fingerprint density at radius 1 is 1.25 bits per heavy atom. The van der Waals surface area contributed by atoms with E-state index in [0.717, 1.165) is 16.1 Å². The summed E-state index contributed by atoms with van der Waals surface area (Å²) in [6, 6.07) is 9.34. The summed E-state index contributed by atoms with van der Waals surface area (Å²) in [6.07, 6.45) is 0. The summed E-state index contributed by atoms with van der Waals surface area (Å²) >= 11 is 1.31. The maximum Gasteiger partial charge on any atom is 0.265 e. The Labute approximate surface area is 122 Å². The number of anilines is 1. The summed E-state index contributed by atoms with van der Waals surface area (Å²) in [7, 11) is 0. The monoisotopic (exact) mass is 285 g/mol. The molecule has 2 N–H and O–H groups in total. The van der Waals surface area contributed by atoms with Crippen molar-refractivity contribution in [3.05, 3.63) is 51.2 Å². The fourth-order valence-corrected chi connectivity index (χ4v) is 2.44. The minimum Gasteiger partial charge on any atom is -0.384 e.